The van der Waals surface area contributed by atoms with Crippen LogP contribution in [-0.4, -0.2) is 21.0 Å². The number of aromatic amines is 2. The van der Waals surface area contributed by atoms with Gasteiger partial charge in [0.2, 0.25) is 0 Å². The second-order valence-electron chi connectivity index (χ2n) is 4.30. The molecule has 0 saturated heterocycles. The number of imidazole rings is 1. The molecule has 0 fully saturated rings. The Morgan fingerprint density at radius 1 is 1.44 bits per heavy atom. The molecule has 0 radical (unpaired) electrons. The highest BCUT2D eigenvalue weighted by atomic mass is 16.4. The van der Waals surface area contributed by atoms with Crippen molar-refractivity contribution in [3.8, 4) is 11.3 Å². The molecular formula is C13H14N2O3. The van der Waals surface area contributed by atoms with Gasteiger partial charge in [-0.25, -0.2) is 4.79 Å². The maximum atomic E-state index is 11.0. The van der Waals surface area contributed by atoms with Crippen molar-refractivity contribution in [2.24, 2.45) is 5.92 Å². The van der Waals surface area contributed by atoms with E-state index in [-0.39, 0.29) is 5.69 Å². The molecule has 3 N–H and O–H groups in total. The number of aromatic nitrogens is 2. The van der Waals surface area contributed by atoms with E-state index in [0.29, 0.717) is 12.1 Å². The summed E-state index contributed by atoms with van der Waals surface area (Å²) in [6.45, 7) is 1.67. The fraction of sp³-hybridized carbons (Fsp3) is 0.231. The average molecular weight is 246 g/mol. The minimum absolute atomic E-state index is 0.255. The largest absolute Gasteiger partial charge is 0.481 e. The Bertz CT molecular complexity index is 612. The van der Waals surface area contributed by atoms with Crippen LogP contribution in [-0.2, 0) is 11.2 Å². The van der Waals surface area contributed by atoms with Gasteiger partial charge in [-0.05, 0) is 23.6 Å². The van der Waals surface area contributed by atoms with Crippen LogP contribution in [0.5, 0.6) is 0 Å². The van der Waals surface area contributed by atoms with Gasteiger partial charge in [-0.1, -0.05) is 25.1 Å². The van der Waals surface area contributed by atoms with Gasteiger partial charge in [-0.3, -0.25) is 4.79 Å². The van der Waals surface area contributed by atoms with Crippen LogP contribution in [0.15, 0.2) is 35.3 Å². The zero-order chi connectivity index (χ0) is 13.1. The second kappa shape index (κ2) is 4.91. The summed E-state index contributed by atoms with van der Waals surface area (Å²) in [7, 11) is 0. The lowest BCUT2D eigenvalue weighted by molar-refractivity contribution is -0.141. The molecule has 1 atom stereocenters. The molecule has 1 unspecified atom stereocenters. The summed E-state index contributed by atoms with van der Waals surface area (Å²) < 4.78 is 0. The van der Waals surface area contributed by atoms with Crippen molar-refractivity contribution in [1.82, 2.24) is 9.97 Å². The van der Waals surface area contributed by atoms with Crippen molar-refractivity contribution in [2.75, 3.05) is 0 Å². The van der Waals surface area contributed by atoms with Gasteiger partial charge in [-0.2, -0.15) is 0 Å². The van der Waals surface area contributed by atoms with E-state index in [9.17, 15) is 9.59 Å². The molecule has 0 aliphatic rings. The second-order valence-corrected chi connectivity index (χ2v) is 4.30. The number of rotatable bonds is 4. The van der Waals surface area contributed by atoms with Crippen molar-refractivity contribution in [2.45, 2.75) is 13.3 Å². The van der Waals surface area contributed by atoms with Crippen molar-refractivity contribution in [1.29, 1.82) is 0 Å². The Labute approximate surface area is 103 Å². The highest BCUT2D eigenvalue weighted by Gasteiger charge is 2.12. The van der Waals surface area contributed by atoms with E-state index < -0.39 is 11.9 Å². The first kappa shape index (κ1) is 12.2. The summed E-state index contributed by atoms with van der Waals surface area (Å²) in [5.74, 6) is -1.24. The molecule has 1 aromatic carbocycles. The van der Waals surface area contributed by atoms with Crippen molar-refractivity contribution in [3.05, 3.63) is 46.5 Å². The highest BCUT2D eigenvalue weighted by Crippen LogP contribution is 2.18. The Balaban J connectivity index is 2.25. The number of H-pyrrole nitrogens is 2. The van der Waals surface area contributed by atoms with Gasteiger partial charge in [0.05, 0.1) is 11.6 Å². The highest BCUT2D eigenvalue weighted by molar-refractivity contribution is 5.70. The lowest BCUT2D eigenvalue weighted by Gasteiger charge is -2.07. The quantitative estimate of drug-likeness (QED) is 0.766. The number of nitrogens with one attached hydrogen (secondary N) is 2. The first-order chi connectivity index (χ1) is 8.56. The molecule has 0 bridgehead atoms. The van der Waals surface area contributed by atoms with E-state index in [0.717, 1.165) is 11.1 Å². The van der Waals surface area contributed by atoms with Crippen LogP contribution < -0.4 is 5.69 Å². The summed E-state index contributed by atoms with van der Waals surface area (Å²) in [4.78, 5) is 27.0. The smallest absolute Gasteiger partial charge is 0.323 e. The Morgan fingerprint density at radius 3 is 2.83 bits per heavy atom. The Hall–Kier alpha value is -2.30. The van der Waals surface area contributed by atoms with Crippen LogP contribution >= 0.6 is 0 Å². The zero-order valence-corrected chi connectivity index (χ0v) is 9.93. The minimum atomic E-state index is -0.810. The summed E-state index contributed by atoms with van der Waals surface area (Å²) in [6, 6.07) is 7.49. The Kier molecular flexibility index (Phi) is 3.32. The fourth-order valence-electron chi connectivity index (χ4n) is 1.79. The molecule has 5 heteroatoms. The van der Waals surface area contributed by atoms with Gasteiger partial charge in [0.25, 0.3) is 0 Å². The number of aliphatic carboxylic acids is 1. The minimum Gasteiger partial charge on any atom is -0.481 e. The molecule has 2 rings (SSSR count). The molecular weight excluding hydrogens is 232 g/mol. The molecule has 2 aromatic rings. The third-order valence-corrected chi connectivity index (χ3v) is 2.80. The normalized spacial score (nSPS) is 12.3. The molecule has 0 saturated carbocycles. The molecule has 0 aliphatic carbocycles. The maximum absolute atomic E-state index is 11.0. The number of carboxylic acid groups (broad SMARTS) is 1. The molecule has 0 amide bonds. The van der Waals surface area contributed by atoms with Gasteiger partial charge < -0.3 is 15.1 Å². The van der Waals surface area contributed by atoms with E-state index in [1.807, 2.05) is 24.3 Å². The van der Waals surface area contributed by atoms with E-state index in [4.69, 9.17) is 5.11 Å². The Morgan fingerprint density at radius 2 is 2.22 bits per heavy atom. The predicted molar refractivity (Wildman–Crippen MR) is 67.4 cm³/mol. The molecule has 1 aromatic heterocycles. The van der Waals surface area contributed by atoms with Crippen LogP contribution in [0.3, 0.4) is 0 Å². The first-order valence-electron chi connectivity index (χ1n) is 5.66. The molecule has 18 heavy (non-hydrogen) atoms. The number of hydrogen-bond acceptors (Lipinski definition) is 2. The molecule has 0 spiro atoms. The first-order valence-corrected chi connectivity index (χ1v) is 5.66. The molecule has 94 valence electrons. The third kappa shape index (κ3) is 2.68. The standard InChI is InChI=1S/C13H14N2O3/c1-8(12(16)17)5-9-3-2-4-10(6-9)11-7-14-13(18)15-11/h2-4,6-8H,5H2,1H3,(H,16,17)(H2,14,15,18). The summed E-state index contributed by atoms with van der Waals surface area (Å²) in [5, 5.41) is 8.88. The lowest BCUT2D eigenvalue weighted by Crippen LogP contribution is -2.12. The zero-order valence-electron chi connectivity index (χ0n) is 9.93. The van der Waals surface area contributed by atoms with Gasteiger partial charge in [-0.15, -0.1) is 0 Å². The van der Waals surface area contributed by atoms with E-state index in [1.165, 1.54) is 0 Å². The summed E-state index contributed by atoms with van der Waals surface area (Å²) in [6.07, 6.45) is 2.07. The van der Waals surface area contributed by atoms with Crippen LogP contribution in [0.25, 0.3) is 11.3 Å². The predicted octanol–water partition coefficient (Wildman–Crippen LogP) is 1.63. The van der Waals surface area contributed by atoms with Gasteiger partial charge in [0, 0.05) is 6.20 Å². The van der Waals surface area contributed by atoms with Crippen molar-refractivity contribution >= 4 is 5.97 Å². The van der Waals surface area contributed by atoms with Crippen molar-refractivity contribution in [3.63, 3.8) is 0 Å². The lowest BCUT2D eigenvalue weighted by atomic mass is 9.99. The van der Waals surface area contributed by atoms with Gasteiger partial charge in [0.15, 0.2) is 0 Å². The average Bonchev–Trinajstić information content (AvgIpc) is 2.76. The number of carboxylic acids is 1. The van der Waals surface area contributed by atoms with Crippen LogP contribution in [0, 0.1) is 5.92 Å². The van der Waals surface area contributed by atoms with Crippen molar-refractivity contribution < 1.29 is 9.90 Å². The molecule has 0 aliphatic heterocycles. The third-order valence-electron chi connectivity index (χ3n) is 2.80. The van der Waals surface area contributed by atoms with Gasteiger partial charge >= 0.3 is 11.7 Å². The SMILES string of the molecule is CC(Cc1cccc(-c2c[nH]c(=O)[nH]2)c1)C(=O)O. The van der Waals surface area contributed by atoms with E-state index in [1.54, 1.807) is 13.1 Å². The molecule has 1 heterocycles. The van der Waals surface area contributed by atoms with E-state index in [2.05, 4.69) is 9.97 Å². The number of carbonyl (C=O) groups is 1. The molecule has 5 nitrogen and oxygen atoms in total. The summed E-state index contributed by atoms with van der Waals surface area (Å²) in [5.41, 5.74) is 2.24. The maximum Gasteiger partial charge on any atom is 0.323 e. The van der Waals surface area contributed by atoms with Gasteiger partial charge in [0.1, 0.15) is 0 Å². The monoisotopic (exact) mass is 246 g/mol. The van der Waals surface area contributed by atoms with Crippen LogP contribution in [0.4, 0.5) is 0 Å². The van der Waals surface area contributed by atoms with Crippen LogP contribution in [0.1, 0.15) is 12.5 Å². The topological polar surface area (TPSA) is 86.0 Å². The number of benzene rings is 1. The van der Waals surface area contributed by atoms with E-state index >= 15 is 0 Å². The fourth-order valence-corrected chi connectivity index (χ4v) is 1.79. The number of hydrogen-bond donors (Lipinski definition) is 3. The summed E-state index contributed by atoms with van der Waals surface area (Å²) >= 11 is 0. The van der Waals surface area contributed by atoms with Crippen LogP contribution in [0.2, 0.25) is 0 Å².